The van der Waals surface area contributed by atoms with E-state index >= 15 is 0 Å². The quantitative estimate of drug-likeness (QED) is 0.400. The molecule has 2 atom stereocenters. The van der Waals surface area contributed by atoms with Gasteiger partial charge in [0.05, 0.1) is 25.6 Å². The van der Waals surface area contributed by atoms with E-state index in [1.165, 1.54) is 55.9 Å². The van der Waals surface area contributed by atoms with E-state index in [2.05, 4.69) is 10.3 Å². The van der Waals surface area contributed by atoms with Crippen molar-refractivity contribution in [1.29, 1.82) is 0 Å². The van der Waals surface area contributed by atoms with Crippen molar-refractivity contribution in [2.45, 2.75) is 18.4 Å². The summed E-state index contributed by atoms with van der Waals surface area (Å²) in [4.78, 5) is 51.1. The molecule has 0 saturated heterocycles. The molecular weight excluding hydrogens is 382 g/mol. The average molecular weight is 401 g/mol. The van der Waals surface area contributed by atoms with Crippen LogP contribution in [0.1, 0.15) is 28.3 Å². The number of carbonyl (C=O) groups excluding carboxylic acids is 3. The SMILES string of the molecule is COC(=O)C[C@H](c1ccc([N+](=O)[O-])cc1)[C@@H](NC(=O)c1ccncc1)C(=O)OC. The minimum Gasteiger partial charge on any atom is -0.469 e. The van der Waals surface area contributed by atoms with Crippen LogP contribution in [0.15, 0.2) is 48.8 Å². The summed E-state index contributed by atoms with van der Waals surface area (Å²) in [5.74, 6) is -2.85. The molecule has 1 amide bonds. The van der Waals surface area contributed by atoms with Gasteiger partial charge < -0.3 is 14.8 Å². The van der Waals surface area contributed by atoms with Crippen LogP contribution in [0.4, 0.5) is 5.69 Å². The van der Waals surface area contributed by atoms with Gasteiger partial charge in [-0.05, 0) is 17.7 Å². The molecule has 0 saturated carbocycles. The van der Waals surface area contributed by atoms with Crippen molar-refractivity contribution in [2.24, 2.45) is 0 Å². The van der Waals surface area contributed by atoms with Crippen molar-refractivity contribution in [3.63, 3.8) is 0 Å². The molecule has 29 heavy (non-hydrogen) atoms. The number of benzene rings is 1. The Bertz CT molecular complexity index is 884. The lowest BCUT2D eigenvalue weighted by Crippen LogP contribution is -2.46. The predicted molar refractivity (Wildman–Crippen MR) is 100.0 cm³/mol. The number of esters is 2. The van der Waals surface area contributed by atoms with Gasteiger partial charge in [-0.1, -0.05) is 12.1 Å². The van der Waals surface area contributed by atoms with E-state index in [0.29, 0.717) is 5.56 Å². The van der Waals surface area contributed by atoms with Gasteiger partial charge in [-0.2, -0.15) is 0 Å². The maximum atomic E-state index is 12.6. The number of pyridine rings is 1. The number of carbonyl (C=O) groups is 3. The van der Waals surface area contributed by atoms with Crippen LogP contribution in [-0.4, -0.2) is 48.0 Å². The Labute approximate surface area is 166 Å². The normalized spacial score (nSPS) is 12.3. The Kier molecular flexibility index (Phi) is 7.35. The third-order valence-corrected chi connectivity index (χ3v) is 4.23. The number of aromatic nitrogens is 1. The zero-order valence-corrected chi connectivity index (χ0v) is 15.7. The van der Waals surface area contributed by atoms with Crippen LogP contribution in [0.3, 0.4) is 0 Å². The highest BCUT2D eigenvalue weighted by Gasteiger charge is 2.34. The van der Waals surface area contributed by atoms with Gasteiger partial charge in [0.15, 0.2) is 0 Å². The summed E-state index contributed by atoms with van der Waals surface area (Å²) in [7, 11) is 2.34. The molecule has 0 spiro atoms. The fourth-order valence-corrected chi connectivity index (χ4v) is 2.71. The molecule has 0 aliphatic carbocycles. The van der Waals surface area contributed by atoms with E-state index in [-0.39, 0.29) is 17.7 Å². The summed E-state index contributed by atoms with van der Waals surface area (Å²) in [6.45, 7) is 0. The Morgan fingerprint density at radius 2 is 1.69 bits per heavy atom. The first-order valence-electron chi connectivity index (χ1n) is 8.47. The van der Waals surface area contributed by atoms with Crippen LogP contribution >= 0.6 is 0 Å². The third-order valence-electron chi connectivity index (χ3n) is 4.23. The number of hydrogen-bond donors (Lipinski definition) is 1. The second-order valence-corrected chi connectivity index (χ2v) is 5.95. The molecule has 0 fully saturated rings. The molecule has 2 rings (SSSR count). The first-order valence-corrected chi connectivity index (χ1v) is 8.47. The van der Waals surface area contributed by atoms with Crippen LogP contribution in [0.2, 0.25) is 0 Å². The van der Waals surface area contributed by atoms with E-state index in [1.54, 1.807) is 0 Å². The third kappa shape index (κ3) is 5.58. The van der Waals surface area contributed by atoms with Crippen molar-refractivity contribution in [2.75, 3.05) is 14.2 Å². The van der Waals surface area contributed by atoms with E-state index < -0.39 is 34.7 Å². The van der Waals surface area contributed by atoms with Crippen molar-refractivity contribution >= 4 is 23.5 Å². The summed E-state index contributed by atoms with van der Waals surface area (Å²) in [6, 6.07) is 7.02. The number of amides is 1. The molecule has 1 N–H and O–H groups in total. The minimum absolute atomic E-state index is 0.152. The molecule has 0 bridgehead atoms. The second kappa shape index (κ2) is 9.93. The van der Waals surface area contributed by atoms with Gasteiger partial charge in [-0.3, -0.25) is 24.7 Å². The van der Waals surface area contributed by atoms with Crippen LogP contribution in [0.25, 0.3) is 0 Å². The Morgan fingerprint density at radius 1 is 1.07 bits per heavy atom. The Morgan fingerprint density at radius 3 is 2.21 bits per heavy atom. The van der Waals surface area contributed by atoms with E-state index in [9.17, 15) is 24.5 Å². The predicted octanol–water partition coefficient (Wildman–Crippen LogP) is 1.61. The molecule has 1 aromatic heterocycles. The fourth-order valence-electron chi connectivity index (χ4n) is 2.71. The lowest BCUT2D eigenvalue weighted by Gasteiger charge is -2.26. The molecule has 152 valence electrons. The first-order chi connectivity index (χ1) is 13.9. The molecule has 0 radical (unpaired) electrons. The van der Waals surface area contributed by atoms with Gasteiger partial charge in [0.25, 0.3) is 11.6 Å². The van der Waals surface area contributed by atoms with Gasteiger partial charge in [0.2, 0.25) is 0 Å². The van der Waals surface area contributed by atoms with E-state index in [1.807, 2.05) is 0 Å². The highest BCUT2D eigenvalue weighted by molar-refractivity contribution is 5.97. The van der Waals surface area contributed by atoms with E-state index in [0.717, 1.165) is 7.11 Å². The molecule has 1 heterocycles. The zero-order valence-electron chi connectivity index (χ0n) is 15.7. The number of ether oxygens (including phenoxy) is 2. The number of nitrogens with one attached hydrogen (secondary N) is 1. The van der Waals surface area contributed by atoms with Gasteiger partial charge in [-0.25, -0.2) is 4.79 Å². The lowest BCUT2D eigenvalue weighted by atomic mass is 9.88. The second-order valence-electron chi connectivity index (χ2n) is 5.95. The van der Waals surface area contributed by atoms with Crippen molar-refractivity contribution in [3.8, 4) is 0 Å². The lowest BCUT2D eigenvalue weighted by molar-refractivity contribution is -0.384. The largest absolute Gasteiger partial charge is 0.469 e. The van der Waals surface area contributed by atoms with Gasteiger partial charge >= 0.3 is 11.9 Å². The molecule has 10 heteroatoms. The smallest absolute Gasteiger partial charge is 0.329 e. The standard InChI is InChI=1S/C19H19N3O7/c1-28-16(23)11-15(12-3-5-14(6-4-12)22(26)27)17(19(25)29-2)21-18(24)13-7-9-20-10-8-13/h3-10,15,17H,11H2,1-2H3,(H,21,24)/t15-,17-/m1/s1. The zero-order chi connectivity index (χ0) is 21.4. The van der Waals surface area contributed by atoms with Crippen LogP contribution in [-0.2, 0) is 19.1 Å². The first kappa shape index (κ1) is 21.5. The number of non-ortho nitro benzene ring substituents is 1. The summed E-state index contributed by atoms with van der Waals surface area (Å²) < 4.78 is 9.50. The number of nitrogens with zero attached hydrogens (tertiary/aromatic N) is 2. The highest BCUT2D eigenvalue weighted by Crippen LogP contribution is 2.27. The molecule has 0 unspecified atom stereocenters. The number of nitro groups is 1. The fraction of sp³-hybridized carbons (Fsp3) is 0.263. The minimum atomic E-state index is -1.23. The highest BCUT2D eigenvalue weighted by atomic mass is 16.6. The molecule has 0 aliphatic rings. The van der Waals surface area contributed by atoms with E-state index in [4.69, 9.17) is 9.47 Å². The van der Waals surface area contributed by atoms with Crippen LogP contribution in [0, 0.1) is 10.1 Å². The summed E-state index contributed by atoms with van der Waals surface area (Å²) in [6.07, 6.45) is 2.58. The Hall–Kier alpha value is -3.82. The monoisotopic (exact) mass is 401 g/mol. The van der Waals surface area contributed by atoms with Crippen molar-refractivity contribution < 1.29 is 28.8 Å². The van der Waals surface area contributed by atoms with Crippen molar-refractivity contribution in [1.82, 2.24) is 10.3 Å². The summed E-state index contributed by atoms with van der Waals surface area (Å²) in [5.41, 5.74) is 0.529. The average Bonchev–Trinajstić information content (AvgIpc) is 2.75. The topological polar surface area (TPSA) is 138 Å². The maximum absolute atomic E-state index is 12.6. The van der Waals surface area contributed by atoms with Crippen LogP contribution in [0.5, 0.6) is 0 Å². The number of hydrogen-bond acceptors (Lipinski definition) is 8. The van der Waals surface area contributed by atoms with Crippen molar-refractivity contribution in [3.05, 3.63) is 70.0 Å². The van der Waals surface area contributed by atoms with Gasteiger partial charge in [0, 0.05) is 36.0 Å². The van der Waals surface area contributed by atoms with Gasteiger partial charge in [-0.15, -0.1) is 0 Å². The number of nitro benzene ring substituents is 1. The van der Waals surface area contributed by atoms with Gasteiger partial charge in [0.1, 0.15) is 6.04 Å². The molecular formula is C19H19N3O7. The summed E-state index contributed by atoms with van der Waals surface area (Å²) in [5, 5.41) is 13.5. The molecule has 2 aromatic rings. The summed E-state index contributed by atoms with van der Waals surface area (Å²) >= 11 is 0. The molecule has 1 aromatic carbocycles. The Balaban J connectivity index is 2.40. The maximum Gasteiger partial charge on any atom is 0.329 e. The molecule has 0 aliphatic heterocycles. The molecule has 10 nitrogen and oxygen atoms in total. The number of rotatable bonds is 8. The number of methoxy groups -OCH3 is 2. The van der Waals surface area contributed by atoms with Crippen LogP contribution < -0.4 is 5.32 Å².